The Kier molecular flexibility index (Phi) is 6.43. The lowest BCUT2D eigenvalue weighted by Gasteiger charge is -2.06. The summed E-state index contributed by atoms with van der Waals surface area (Å²) in [6, 6.07) is 14.9. The lowest BCUT2D eigenvalue weighted by Crippen LogP contribution is -2.26. The maximum atomic E-state index is 11.6. The van der Waals surface area contributed by atoms with Crippen molar-refractivity contribution in [3.8, 4) is 0 Å². The van der Waals surface area contributed by atoms with E-state index in [0.29, 0.717) is 11.6 Å². The van der Waals surface area contributed by atoms with Crippen LogP contribution in [0.4, 0.5) is 0 Å². The molecule has 0 saturated carbocycles. The number of oxime groups is 1. The average Bonchev–Trinajstić information content (AvgIpc) is 2.52. The molecule has 2 rings (SSSR count). The first kappa shape index (κ1) is 16.5. The van der Waals surface area contributed by atoms with Gasteiger partial charge in [-0.05, 0) is 29.3 Å². The Morgan fingerprint density at radius 2 is 1.95 bits per heavy atom. The summed E-state index contributed by atoms with van der Waals surface area (Å²) in [5, 5.41) is 7.10. The highest BCUT2D eigenvalue weighted by molar-refractivity contribution is 9.10. The molecule has 0 aliphatic heterocycles. The highest BCUT2D eigenvalue weighted by Gasteiger charge is 2.03. The first-order valence-electron chi connectivity index (χ1n) is 6.56. The van der Waals surface area contributed by atoms with Crippen LogP contribution < -0.4 is 5.32 Å². The molecule has 0 aromatic heterocycles. The van der Waals surface area contributed by atoms with Crippen molar-refractivity contribution in [2.24, 2.45) is 5.16 Å². The summed E-state index contributed by atoms with van der Waals surface area (Å²) >= 11 is 9.35. The van der Waals surface area contributed by atoms with E-state index >= 15 is 0 Å². The highest BCUT2D eigenvalue weighted by Crippen LogP contribution is 2.14. The molecule has 0 bridgehead atoms. The van der Waals surface area contributed by atoms with Gasteiger partial charge in [-0.15, -0.1) is 0 Å². The summed E-state index contributed by atoms with van der Waals surface area (Å²) < 4.78 is 0.990. The number of rotatable bonds is 6. The van der Waals surface area contributed by atoms with E-state index < -0.39 is 0 Å². The molecule has 0 aliphatic rings. The lowest BCUT2D eigenvalue weighted by atomic mass is 10.2. The van der Waals surface area contributed by atoms with Crippen LogP contribution in [0.15, 0.2) is 58.2 Å². The summed E-state index contributed by atoms with van der Waals surface area (Å²) in [7, 11) is 0. The van der Waals surface area contributed by atoms with E-state index in [-0.39, 0.29) is 12.5 Å². The van der Waals surface area contributed by atoms with Crippen molar-refractivity contribution in [1.82, 2.24) is 5.32 Å². The van der Waals surface area contributed by atoms with Gasteiger partial charge < -0.3 is 10.2 Å². The molecule has 22 heavy (non-hydrogen) atoms. The van der Waals surface area contributed by atoms with Gasteiger partial charge in [-0.2, -0.15) is 0 Å². The molecular weight excluding hydrogens is 368 g/mol. The number of amides is 1. The minimum Gasteiger partial charge on any atom is -0.386 e. The van der Waals surface area contributed by atoms with Crippen LogP contribution >= 0.6 is 27.5 Å². The molecule has 0 heterocycles. The van der Waals surface area contributed by atoms with Gasteiger partial charge >= 0.3 is 0 Å². The molecule has 6 heteroatoms. The van der Waals surface area contributed by atoms with Gasteiger partial charge in [0.25, 0.3) is 5.91 Å². The number of benzene rings is 2. The minimum atomic E-state index is -0.257. The number of hydrogen-bond donors (Lipinski definition) is 1. The molecule has 0 unspecified atom stereocenters. The fraction of sp³-hybridized carbons (Fsp3) is 0.125. The maximum absolute atomic E-state index is 11.6. The molecule has 0 spiro atoms. The third-order valence-corrected chi connectivity index (χ3v) is 3.67. The van der Waals surface area contributed by atoms with Crippen LogP contribution in [0.25, 0.3) is 0 Å². The summed E-state index contributed by atoms with van der Waals surface area (Å²) in [6.07, 6.45) is 1.55. The SMILES string of the molecule is O=C(CO/N=C\c1ccc(Br)cc1)NCc1ccccc1Cl. The Morgan fingerprint density at radius 1 is 1.23 bits per heavy atom. The van der Waals surface area contributed by atoms with Gasteiger partial charge in [0.15, 0.2) is 6.61 Å². The molecule has 0 fully saturated rings. The van der Waals surface area contributed by atoms with Crippen LogP contribution in [0.3, 0.4) is 0 Å². The molecule has 0 aliphatic carbocycles. The lowest BCUT2D eigenvalue weighted by molar-refractivity contribution is -0.125. The number of carbonyl (C=O) groups is 1. The van der Waals surface area contributed by atoms with Crippen LogP contribution in [-0.2, 0) is 16.2 Å². The monoisotopic (exact) mass is 380 g/mol. The zero-order valence-electron chi connectivity index (χ0n) is 11.6. The van der Waals surface area contributed by atoms with Crippen molar-refractivity contribution >= 4 is 39.7 Å². The van der Waals surface area contributed by atoms with Crippen LogP contribution in [-0.4, -0.2) is 18.7 Å². The van der Waals surface area contributed by atoms with Gasteiger partial charge in [-0.3, -0.25) is 4.79 Å². The Balaban J connectivity index is 1.72. The van der Waals surface area contributed by atoms with Crippen molar-refractivity contribution in [1.29, 1.82) is 0 Å². The Labute approximate surface area is 142 Å². The Morgan fingerprint density at radius 3 is 2.68 bits per heavy atom. The fourth-order valence-corrected chi connectivity index (χ4v) is 2.10. The summed E-state index contributed by atoms with van der Waals surface area (Å²) in [4.78, 5) is 16.6. The number of carbonyl (C=O) groups excluding carboxylic acids is 1. The van der Waals surface area contributed by atoms with Gasteiger partial charge in [0.1, 0.15) is 0 Å². The summed E-state index contributed by atoms with van der Waals surface area (Å²) in [5.74, 6) is -0.257. The normalized spacial score (nSPS) is 10.6. The second kappa shape index (κ2) is 8.56. The minimum absolute atomic E-state index is 0.141. The van der Waals surface area contributed by atoms with E-state index in [0.717, 1.165) is 15.6 Å². The van der Waals surface area contributed by atoms with E-state index in [1.54, 1.807) is 12.3 Å². The summed E-state index contributed by atoms with van der Waals surface area (Å²) in [6.45, 7) is 0.218. The third kappa shape index (κ3) is 5.50. The maximum Gasteiger partial charge on any atom is 0.261 e. The molecule has 2 aromatic carbocycles. The smallest absolute Gasteiger partial charge is 0.261 e. The van der Waals surface area contributed by atoms with Gasteiger partial charge in [-0.1, -0.05) is 63.0 Å². The predicted molar refractivity (Wildman–Crippen MR) is 91.0 cm³/mol. The average molecular weight is 382 g/mol. The number of nitrogens with zero attached hydrogens (tertiary/aromatic N) is 1. The predicted octanol–water partition coefficient (Wildman–Crippen LogP) is 3.77. The van der Waals surface area contributed by atoms with Crippen molar-refractivity contribution in [3.05, 3.63) is 69.2 Å². The first-order chi connectivity index (χ1) is 10.6. The standard InChI is InChI=1S/C16H14BrClN2O2/c17-14-7-5-12(6-8-14)9-20-22-11-16(21)19-10-13-3-1-2-4-15(13)18/h1-9H,10-11H2,(H,19,21)/b20-9-. The fourth-order valence-electron chi connectivity index (χ4n) is 1.63. The molecule has 0 atom stereocenters. The van der Waals surface area contributed by atoms with Gasteiger partial charge in [0, 0.05) is 16.0 Å². The number of hydrogen-bond acceptors (Lipinski definition) is 3. The first-order valence-corrected chi connectivity index (χ1v) is 7.73. The molecule has 0 saturated heterocycles. The zero-order valence-corrected chi connectivity index (χ0v) is 14.0. The van der Waals surface area contributed by atoms with Gasteiger partial charge in [0.2, 0.25) is 0 Å². The van der Waals surface area contributed by atoms with Crippen molar-refractivity contribution in [3.63, 3.8) is 0 Å². The second-order valence-electron chi connectivity index (χ2n) is 4.43. The molecule has 0 radical (unpaired) electrons. The molecule has 1 amide bonds. The highest BCUT2D eigenvalue weighted by atomic mass is 79.9. The van der Waals surface area contributed by atoms with E-state index in [1.165, 1.54) is 0 Å². The van der Waals surface area contributed by atoms with Gasteiger partial charge in [0.05, 0.1) is 6.21 Å². The molecule has 114 valence electrons. The van der Waals surface area contributed by atoms with Crippen LogP contribution in [0.1, 0.15) is 11.1 Å². The van der Waals surface area contributed by atoms with Crippen molar-refractivity contribution < 1.29 is 9.63 Å². The van der Waals surface area contributed by atoms with Crippen molar-refractivity contribution in [2.45, 2.75) is 6.54 Å². The Bertz CT molecular complexity index is 659. The van der Waals surface area contributed by atoms with Crippen molar-refractivity contribution in [2.75, 3.05) is 6.61 Å². The van der Waals surface area contributed by atoms with Crippen LogP contribution in [0.5, 0.6) is 0 Å². The molecular formula is C16H14BrClN2O2. The van der Waals surface area contributed by atoms with E-state index in [4.69, 9.17) is 16.4 Å². The second-order valence-corrected chi connectivity index (χ2v) is 5.75. The number of nitrogens with one attached hydrogen (secondary N) is 1. The van der Waals surface area contributed by atoms with E-state index in [2.05, 4.69) is 26.4 Å². The largest absolute Gasteiger partial charge is 0.386 e. The van der Waals surface area contributed by atoms with E-state index in [1.807, 2.05) is 42.5 Å². The van der Waals surface area contributed by atoms with Crippen LogP contribution in [0, 0.1) is 0 Å². The number of halogens is 2. The quantitative estimate of drug-likeness (QED) is 0.612. The Hall–Kier alpha value is -1.85. The van der Waals surface area contributed by atoms with Crippen LogP contribution in [0.2, 0.25) is 5.02 Å². The molecule has 1 N–H and O–H groups in total. The third-order valence-electron chi connectivity index (χ3n) is 2.78. The topological polar surface area (TPSA) is 50.7 Å². The molecule has 2 aromatic rings. The van der Waals surface area contributed by atoms with Gasteiger partial charge in [-0.25, -0.2) is 0 Å². The summed E-state index contributed by atoms with van der Waals surface area (Å²) in [5.41, 5.74) is 1.75. The zero-order chi connectivity index (χ0) is 15.8. The van der Waals surface area contributed by atoms with E-state index in [9.17, 15) is 4.79 Å². The molecule has 4 nitrogen and oxygen atoms in total.